The summed E-state index contributed by atoms with van der Waals surface area (Å²) in [4.78, 5) is 10.5. The van der Waals surface area contributed by atoms with Crippen LogP contribution in [-0.2, 0) is 11.2 Å². The van der Waals surface area contributed by atoms with Crippen LogP contribution in [0.5, 0.6) is 0 Å². The molecule has 0 radical (unpaired) electrons. The Kier molecular flexibility index (Phi) is 4.05. The summed E-state index contributed by atoms with van der Waals surface area (Å²) in [7, 11) is 0. The first-order valence-corrected chi connectivity index (χ1v) is 5.36. The molecular formula is C13H17FO2. The molecular weight excluding hydrogens is 207 g/mol. The van der Waals surface area contributed by atoms with Gasteiger partial charge in [-0.05, 0) is 29.9 Å². The van der Waals surface area contributed by atoms with E-state index in [4.69, 9.17) is 5.11 Å². The van der Waals surface area contributed by atoms with Crippen molar-refractivity contribution in [3.05, 3.63) is 35.6 Å². The van der Waals surface area contributed by atoms with Crippen LogP contribution < -0.4 is 0 Å². The van der Waals surface area contributed by atoms with Gasteiger partial charge in [-0.3, -0.25) is 4.79 Å². The van der Waals surface area contributed by atoms with E-state index in [1.54, 1.807) is 18.2 Å². The lowest BCUT2D eigenvalue weighted by Crippen LogP contribution is -2.17. The number of carbonyl (C=O) groups is 1. The van der Waals surface area contributed by atoms with Crippen molar-refractivity contribution in [2.75, 3.05) is 0 Å². The third-order valence-electron chi connectivity index (χ3n) is 2.64. The zero-order valence-electron chi connectivity index (χ0n) is 9.66. The second kappa shape index (κ2) is 5.10. The summed E-state index contributed by atoms with van der Waals surface area (Å²) in [6.45, 7) is 3.92. The first kappa shape index (κ1) is 12.7. The number of aliphatic carboxylic acids is 1. The third kappa shape index (κ3) is 4.01. The number of carboxylic acids is 1. The van der Waals surface area contributed by atoms with Crippen LogP contribution in [0.15, 0.2) is 24.3 Å². The fraction of sp³-hybridized carbons (Fsp3) is 0.462. The molecule has 0 saturated heterocycles. The van der Waals surface area contributed by atoms with Crippen molar-refractivity contribution in [1.82, 2.24) is 0 Å². The predicted octanol–water partition coefficient (Wildman–Crippen LogP) is 3.26. The molecule has 1 aromatic rings. The van der Waals surface area contributed by atoms with E-state index >= 15 is 0 Å². The SMILES string of the molecule is CC(C)(CCC(=O)O)Cc1ccccc1F. The molecule has 0 atom stereocenters. The van der Waals surface area contributed by atoms with Gasteiger partial charge in [0.2, 0.25) is 0 Å². The monoisotopic (exact) mass is 224 g/mol. The van der Waals surface area contributed by atoms with Crippen LogP contribution in [0.2, 0.25) is 0 Å². The van der Waals surface area contributed by atoms with E-state index in [2.05, 4.69) is 0 Å². The Bertz CT molecular complexity index is 372. The van der Waals surface area contributed by atoms with Gasteiger partial charge in [-0.1, -0.05) is 32.0 Å². The van der Waals surface area contributed by atoms with Crippen molar-refractivity contribution in [1.29, 1.82) is 0 Å². The number of rotatable bonds is 5. The molecule has 2 nitrogen and oxygen atoms in total. The summed E-state index contributed by atoms with van der Waals surface area (Å²) in [6, 6.07) is 6.63. The average molecular weight is 224 g/mol. The minimum atomic E-state index is -0.804. The third-order valence-corrected chi connectivity index (χ3v) is 2.64. The van der Waals surface area contributed by atoms with E-state index in [9.17, 15) is 9.18 Å². The molecule has 3 heteroatoms. The van der Waals surface area contributed by atoms with Crippen LogP contribution in [0.25, 0.3) is 0 Å². The number of hydrogen-bond donors (Lipinski definition) is 1. The quantitative estimate of drug-likeness (QED) is 0.833. The van der Waals surface area contributed by atoms with Crippen molar-refractivity contribution < 1.29 is 14.3 Å². The average Bonchev–Trinajstić information content (AvgIpc) is 2.19. The van der Waals surface area contributed by atoms with E-state index in [1.807, 2.05) is 13.8 Å². The Labute approximate surface area is 95.1 Å². The molecule has 16 heavy (non-hydrogen) atoms. The molecule has 0 heterocycles. The highest BCUT2D eigenvalue weighted by atomic mass is 19.1. The summed E-state index contributed by atoms with van der Waals surface area (Å²) < 4.78 is 13.4. The fourth-order valence-electron chi connectivity index (χ4n) is 1.69. The highest BCUT2D eigenvalue weighted by molar-refractivity contribution is 5.66. The second-order valence-electron chi connectivity index (χ2n) is 4.83. The highest BCUT2D eigenvalue weighted by Crippen LogP contribution is 2.28. The van der Waals surface area contributed by atoms with Crippen LogP contribution in [0, 0.1) is 11.2 Å². The van der Waals surface area contributed by atoms with E-state index in [1.165, 1.54) is 6.07 Å². The van der Waals surface area contributed by atoms with E-state index in [0.29, 0.717) is 18.4 Å². The Balaban J connectivity index is 2.65. The lowest BCUT2D eigenvalue weighted by atomic mass is 9.81. The van der Waals surface area contributed by atoms with Crippen LogP contribution >= 0.6 is 0 Å². The fourth-order valence-corrected chi connectivity index (χ4v) is 1.69. The highest BCUT2D eigenvalue weighted by Gasteiger charge is 2.21. The van der Waals surface area contributed by atoms with Gasteiger partial charge in [0.15, 0.2) is 0 Å². The molecule has 0 bridgehead atoms. The van der Waals surface area contributed by atoms with Gasteiger partial charge in [0.05, 0.1) is 0 Å². The Morgan fingerprint density at radius 1 is 1.38 bits per heavy atom. The molecule has 0 aromatic heterocycles. The normalized spacial score (nSPS) is 11.4. The van der Waals surface area contributed by atoms with Gasteiger partial charge < -0.3 is 5.11 Å². The van der Waals surface area contributed by atoms with Crippen LogP contribution in [0.4, 0.5) is 4.39 Å². The molecule has 0 amide bonds. The predicted molar refractivity (Wildman–Crippen MR) is 60.8 cm³/mol. The zero-order chi connectivity index (χ0) is 12.2. The molecule has 0 unspecified atom stereocenters. The molecule has 1 aromatic carbocycles. The maximum atomic E-state index is 13.4. The number of halogens is 1. The second-order valence-corrected chi connectivity index (χ2v) is 4.83. The van der Waals surface area contributed by atoms with Gasteiger partial charge in [0.1, 0.15) is 5.82 Å². The van der Waals surface area contributed by atoms with Gasteiger partial charge >= 0.3 is 5.97 Å². The summed E-state index contributed by atoms with van der Waals surface area (Å²) in [5.41, 5.74) is 0.457. The lowest BCUT2D eigenvalue weighted by molar-refractivity contribution is -0.137. The smallest absolute Gasteiger partial charge is 0.303 e. The van der Waals surface area contributed by atoms with Gasteiger partial charge in [-0.2, -0.15) is 0 Å². The number of benzene rings is 1. The summed E-state index contributed by atoms with van der Waals surface area (Å²) >= 11 is 0. The van der Waals surface area contributed by atoms with Gasteiger partial charge in [-0.25, -0.2) is 4.39 Å². The van der Waals surface area contributed by atoms with Crippen molar-refractivity contribution in [2.45, 2.75) is 33.1 Å². The summed E-state index contributed by atoms with van der Waals surface area (Å²) in [6.07, 6.45) is 1.24. The van der Waals surface area contributed by atoms with E-state index in [0.717, 1.165) is 0 Å². The van der Waals surface area contributed by atoms with Crippen molar-refractivity contribution in [3.63, 3.8) is 0 Å². The molecule has 0 fully saturated rings. The topological polar surface area (TPSA) is 37.3 Å². The first-order valence-electron chi connectivity index (χ1n) is 5.36. The first-order chi connectivity index (χ1) is 7.41. The minimum Gasteiger partial charge on any atom is -0.481 e. The molecule has 0 spiro atoms. The van der Waals surface area contributed by atoms with Crippen LogP contribution in [0.1, 0.15) is 32.3 Å². The van der Waals surface area contributed by atoms with Crippen LogP contribution in [0.3, 0.4) is 0 Å². The molecule has 88 valence electrons. The molecule has 1 N–H and O–H groups in total. The summed E-state index contributed by atoms with van der Waals surface area (Å²) in [5.74, 6) is -1.02. The van der Waals surface area contributed by atoms with Crippen molar-refractivity contribution in [3.8, 4) is 0 Å². The Morgan fingerprint density at radius 3 is 2.56 bits per heavy atom. The number of hydrogen-bond acceptors (Lipinski definition) is 1. The standard InChI is InChI=1S/C13H17FO2/c1-13(2,8-7-12(15)16)9-10-5-3-4-6-11(10)14/h3-6H,7-9H2,1-2H3,(H,15,16). The molecule has 0 aliphatic rings. The Hall–Kier alpha value is -1.38. The maximum absolute atomic E-state index is 13.4. The maximum Gasteiger partial charge on any atom is 0.303 e. The summed E-state index contributed by atoms with van der Waals surface area (Å²) in [5, 5.41) is 8.62. The number of carboxylic acid groups (broad SMARTS) is 1. The van der Waals surface area contributed by atoms with Gasteiger partial charge in [0, 0.05) is 6.42 Å². The van der Waals surface area contributed by atoms with E-state index in [-0.39, 0.29) is 17.7 Å². The zero-order valence-corrected chi connectivity index (χ0v) is 9.66. The minimum absolute atomic E-state index is 0.126. The lowest BCUT2D eigenvalue weighted by Gasteiger charge is -2.24. The molecule has 0 saturated carbocycles. The molecule has 0 aliphatic carbocycles. The van der Waals surface area contributed by atoms with E-state index < -0.39 is 5.97 Å². The van der Waals surface area contributed by atoms with Crippen molar-refractivity contribution in [2.24, 2.45) is 5.41 Å². The largest absolute Gasteiger partial charge is 0.481 e. The van der Waals surface area contributed by atoms with Crippen LogP contribution in [-0.4, -0.2) is 11.1 Å². The van der Waals surface area contributed by atoms with Gasteiger partial charge in [-0.15, -0.1) is 0 Å². The molecule has 0 aliphatic heterocycles. The Morgan fingerprint density at radius 2 is 2.00 bits per heavy atom. The molecule has 1 rings (SSSR count). The van der Waals surface area contributed by atoms with Crippen molar-refractivity contribution >= 4 is 5.97 Å². The van der Waals surface area contributed by atoms with Gasteiger partial charge in [0.25, 0.3) is 0 Å².